The number of amides is 1. The first-order valence-corrected chi connectivity index (χ1v) is 7.07. The molecule has 0 saturated carbocycles. The Morgan fingerprint density at radius 1 is 1.40 bits per heavy atom. The molecule has 1 unspecified atom stereocenters. The van der Waals surface area contributed by atoms with Gasteiger partial charge in [-0.1, -0.05) is 18.2 Å². The number of benzene rings is 1. The maximum absolute atomic E-state index is 12.8. The molecule has 4 nitrogen and oxygen atoms in total. The summed E-state index contributed by atoms with van der Waals surface area (Å²) in [6.45, 7) is 9.54. The quantitative estimate of drug-likeness (QED) is 0.897. The number of aryl methyl sites for hydroxylation is 2. The van der Waals surface area contributed by atoms with E-state index < -0.39 is 0 Å². The third-order valence-electron chi connectivity index (χ3n) is 3.73. The van der Waals surface area contributed by atoms with E-state index in [1.54, 1.807) is 0 Å². The van der Waals surface area contributed by atoms with Gasteiger partial charge in [0.15, 0.2) is 0 Å². The molecule has 1 atom stereocenters. The molecule has 1 heterocycles. The fraction of sp³-hybridized carbons (Fsp3) is 0.562. The zero-order chi connectivity index (χ0) is 14.9. The molecule has 1 aromatic rings. The van der Waals surface area contributed by atoms with E-state index in [9.17, 15) is 4.79 Å². The summed E-state index contributed by atoms with van der Waals surface area (Å²) in [7, 11) is 0. The summed E-state index contributed by atoms with van der Waals surface area (Å²) in [4.78, 5) is 14.7. The van der Waals surface area contributed by atoms with Gasteiger partial charge in [0, 0.05) is 25.2 Å². The van der Waals surface area contributed by atoms with Crippen molar-refractivity contribution in [2.45, 2.75) is 39.4 Å². The molecule has 0 radical (unpaired) electrons. The van der Waals surface area contributed by atoms with E-state index in [0.717, 1.165) is 16.7 Å². The average molecular weight is 276 g/mol. The van der Waals surface area contributed by atoms with Crippen LogP contribution in [0.3, 0.4) is 0 Å². The molecule has 0 aliphatic carbocycles. The van der Waals surface area contributed by atoms with Crippen molar-refractivity contribution in [1.29, 1.82) is 0 Å². The van der Waals surface area contributed by atoms with Crippen molar-refractivity contribution in [3.05, 3.63) is 34.9 Å². The third kappa shape index (κ3) is 3.02. The van der Waals surface area contributed by atoms with Crippen molar-refractivity contribution in [3.8, 4) is 0 Å². The first-order valence-electron chi connectivity index (χ1n) is 7.07. The number of hydrogen-bond donors (Lipinski definition) is 1. The van der Waals surface area contributed by atoms with Crippen LogP contribution in [0.15, 0.2) is 18.2 Å². The van der Waals surface area contributed by atoms with Crippen molar-refractivity contribution >= 4 is 5.91 Å². The van der Waals surface area contributed by atoms with E-state index in [2.05, 4.69) is 0 Å². The van der Waals surface area contributed by atoms with E-state index in [0.29, 0.717) is 19.6 Å². The molecule has 2 rings (SSSR count). The molecular formula is C16H24N2O2. The monoisotopic (exact) mass is 276 g/mol. The SMILES string of the molecule is Cc1cccc(C)c1C(=O)N1CC(CN)OC(C)(C)C1. The van der Waals surface area contributed by atoms with Crippen molar-refractivity contribution in [3.63, 3.8) is 0 Å². The lowest BCUT2D eigenvalue weighted by Crippen LogP contribution is -2.56. The zero-order valence-electron chi connectivity index (χ0n) is 12.8. The highest BCUT2D eigenvalue weighted by Crippen LogP contribution is 2.24. The van der Waals surface area contributed by atoms with E-state index in [4.69, 9.17) is 10.5 Å². The van der Waals surface area contributed by atoms with E-state index in [1.165, 1.54) is 0 Å². The lowest BCUT2D eigenvalue weighted by molar-refractivity contribution is -0.122. The average Bonchev–Trinajstić information content (AvgIpc) is 2.36. The lowest BCUT2D eigenvalue weighted by Gasteiger charge is -2.42. The highest BCUT2D eigenvalue weighted by Gasteiger charge is 2.35. The predicted molar refractivity (Wildman–Crippen MR) is 79.8 cm³/mol. The molecular weight excluding hydrogens is 252 g/mol. The fourth-order valence-corrected chi connectivity index (χ4v) is 2.88. The second kappa shape index (κ2) is 5.54. The first-order chi connectivity index (χ1) is 9.34. The molecule has 20 heavy (non-hydrogen) atoms. The lowest BCUT2D eigenvalue weighted by atomic mass is 9.99. The van der Waals surface area contributed by atoms with Crippen molar-refractivity contribution < 1.29 is 9.53 Å². The summed E-state index contributed by atoms with van der Waals surface area (Å²) >= 11 is 0. The molecule has 1 aromatic carbocycles. The standard InChI is InChI=1S/C16H24N2O2/c1-11-6-5-7-12(2)14(11)15(19)18-9-13(8-17)20-16(3,4)10-18/h5-7,13H,8-10,17H2,1-4H3. The largest absolute Gasteiger partial charge is 0.367 e. The summed E-state index contributed by atoms with van der Waals surface area (Å²) in [5.74, 6) is 0.0791. The second-order valence-electron chi connectivity index (χ2n) is 6.19. The van der Waals surface area contributed by atoms with Crippen LogP contribution in [0.2, 0.25) is 0 Å². The van der Waals surface area contributed by atoms with Gasteiger partial charge in [-0.2, -0.15) is 0 Å². The summed E-state index contributed by atoms with van der Waals surface area (Å²) in [5.41, 5.74) is 8.21. The molecule has 1 aliphatic heterocycles. The summed E-state index contributed by atoms with van der Waals surface area (Å²) in [6.07, 6.45) is -0.0907. The predicted octanol–water partition coefficient (Wildman–Crippen LogP) is 1.88. The zero-order valence-corrected chi connectivity index (χ0v) is 12.8. The summed E-state index contributed by atoms with van der Waals surface area (Å²) < 4.78 is 5.88. The topological polar surface area (TPSA) is 55.6 Å². The Morgan fingerprint density at radius 2 is 2.00 bits per heavy atom. The number of carbonyl (C=O) groups is 1. The van der Waals surface area contributed by atoms with Crippen LogP contribution in [-0.4, -0.2) is 42.1 Å². The van der Waals surface area contributed by atoms with Gasteiger partial charge in [-0.05, 0) is 38.8 Å². The second-order valence-corrected chi connectivity index (χ2v) is 6.19. The Labute approximate surface area is 120 Å². The fourth-order valence-electron chi connectivity index (χ4n) is 2.88. The van der Waals surface area contributed by atoms with Gasteiger partial charge < -0.3 is 15.4 Å². The van der Waals surface area contributed by atoms with Crippen molar-refractivity contribution in [2.24, 2.45) is 5.73 Å². The van der Waals surface area contributed by atoms with E-state index in [-0.39, 0.29) is 17.6 Å². The minimum absolute atomic E-state index is 0.0791. The van der Waals surface area contributed by atoms with Crippen LogP contribution in [-0.2, 0) is 4.74 Å². The molecule has 1 fully saturated rings. The molecule has 4 heteroatoms. The van der Waals surface area contributed by atoms with Crippen molar-refractivity contribution in [1.82, 2.24) is 4.90 Å². The molecule has 2 N–H and O–H groups in total. The number of nitrogens with zero attached hydrogens (tertiary/aromatic N) is 1. The Balaban J connectivity index is 2.28. The minimum atomic E-state index is -0.353. The number of hydrogen-bond acceptors (Lipinski definition) is 3. The summed E-state index contributed by atoms with van der Waals surface area (Å²) in [6, 6.07) is 5.94. The van der Waals surface area contributed by atoms with Gasteiger partial charge in [0.1, 0.15) is 0 Å². The number of morpholine rings is 1. The van der Waals surface area contributed by atoms with Crippen LogP contribution in [0, 0.1) is 13.8 Å². The van der Waals surface area contributed by atoms with Gasteiger partial charge in [-0.15, -0.1) is 0 Å². The molecule has 0 spiro atoms. The highest BCUT2D eigenvalue weighted by molar-refractivity contribution is 5.97. The molecule has 110 valence electrons. The Hall–Kier alpha value is -1.39. The number of carbonyl (C=O) groups excluding carboxylic acids is 1. The first kappa shape index (κ1) is 15.0. The van der Waals surface area contributed by atoms with Crippen LogP contribution in [0.1, 0.15) is 35.3 Å². The summed E-state index contributed by atoms with van der Waals surface area (Å²) in [5, 5.41) is 0. The van der Waals surface area contributed by atoms with Gasteiger partial charge in [0.2, 0.25) is 0 Å². The molecule has 1 aliphatic rings. The van der Waals surface area contributed by atoms with E-state index >= 15 is 0 Å². The normalized spacial score (nSPS) is 21.9. The van der Waals surface area contributed by atoms with Crippen LogP contribution in [0.5, 0.6) is 0 Å². The van der Waals surface area contributed by atoms with Gasteiger partial charge >= 0.3 is 0 Å². The number of rotatable bonds is 2. The molecule has 1 amide bonds. The van der Waals surface area contributed by atoms with Gasteiger partial charge in [0.25, 0.3) is 5.91 Å². The van der Waals surface area contributed by atoms with Crippen LogP contribution in [0.25, 0.3) is 0 Å². The minimum Gasteiger partial charge on any atom is -0.367 e. The number of ether oxygens (including phenoxy) is 1. The Bertz CT molecular complexity index is 491. The van der Waals surface area contributed by atoms with Gasteiger partial charge in [-0.25, -0.2) is 0 Å². The van der Waals surface area contributed by atoms with Crippen molar-refractivity contribution in [2.75, 3.05) is 19.6 Å². The Morgan fingerprint density at radius 3 is 2.55 bits per heavy atom. The maximum Gasteiger partial charge on any atom is 0.254 e. The van der Waals surface area contributed by atoms with E-state index in [1.807, 2.05) is 50.8 Å². The smallest absolute Gasteiger partial charge is 0.254 e. The van der Waals surface area contributed by atoms with Crippen LogP contribution < -0.4 is 5.73 Å². The maximum atomic E-state index is 12.8. The Kier molecular flexibility index (Phi) is 4.16. The van der Waals surface area contributed by atoms with Crippen LogP contribution >= 0.6 is 0 Å². The third-order valence-corrected chi connectivity index (χ3v) is 3.73. The van der Waals surface area contributed by atoms with Crippen LogP contribution in [0.4, 0.5) is 0 Å². The molecule has 0 bridgehead atoms. The van der Waals surface area contributed by atoms with Gasteiger partial charge in [0.05, 0.1) is 11.7 Å². The highest BCUT2D eigenvalue weighted by atomic mass is 16.5. The molecule has 1 saturated heterocycles. The van der Waals surface area contributed by atoms with Gasteiger partial charge in [-0.3, -0.25) is 4.79 Å². The number of nitrogens with two attached hydrogens (primary N) is 1. The molecule has 0 aromatic heterocycles.